The molecule has 2 aromatic carbocycles. The van der Waals surface area contributed by atoms with Gasteiger partial charge in [-0.15, -0.1) is 0 Å². The Morgan fingerprint density at radius 3 is 2.20 bits per heavy atom. The summed E-state index contributed by atoms with van der Waals surface area (Å²) in [6.45, 7) is 0.534. The van der Waals surface area contributed by atoms with Crippen LogP contribution in [0.3, 0.4) is 0 Å². The second-order valence-corrected chi connectivity index (χ2v) is 6.13. The molecule has 25 heavy (non-hydrogen) atoms. The van der Waals surface area contributed by atoms with E-state index in [1.54, 1.807) is 14.2 Å². The summed E-state index contributed by atoms with van der Waals surface area (Å²) in [5, 5.41) is 4.37. The predicted molar refractivity (Wildman–Crippen MR) is 101 cm³/mol. The van der Waals surface area contributed by atoms with E-state index >= 15 is 0 Å². The molecule has 0 radical (unpaired) electrons. The van der Waals surface area contributed by atoms with Gasteiger partial charge in [0.25, 0.3) is 0 Å². The molecule has 0 unspecified atom stereocenters. The second-order valence-electron chi connectivity index (χ2n) is 5.32. The highest BCUT2D eigenvalue weighted by molar-refractivity contribution is 6.32. The van der Waals surface area contributed by atoms with E-state index in [0.29, 0.717) is 28.1 Å². The zero-order valence-corrected chi connectivity index (χ0v) is 15.3. The monoisotopic (exact) mass is 377 g/mol. The van der Waals surface area contributed by atoms with Crippen molar-refractivity contribution in [3.8, 4) is 22.8 Å². The summed E-state index contributed by atoms with van der Waals surface area (Å²) >= 11 is 12.3. The van der Waals surface area contributed by atoms with Crippen LogP contribution in [0.25, 0.3) is 11.3 Å². The van der Waals surface area contributed by atoms with Gasteiger partial charge < -0.3 is 19.2 Å². The fourth-order valence-electron chi connectivity index (χ4n) is 2.41. The smallest absolute Gasteiger partial charge is 0.137 e. The van der Waals surface area contributed by atoms with Gasteiger partial charge in [0.15, 0.2) is 0 Å². The number of ether oxygens (including phenoxy) is 2. The van der Waals surface area contributed by atoms with Crippen molar-refractivity contribution in [3.63, 3.8) is 0 Å². The lowest BCUT2D eigenvalue weighted by atomic mass is 10.2. The van der Waals surface area contributed by atoms with Crippen LogP contribution in [-0.2, 0) is 6.54 Å². The Balaban J connectivity index is 1.69. The van der Waals surface area contributed by atoms with Gasteiger partial charge in [-0.2, -0.15) is 0 Å². The topological polar surface area (TPSA) is 43.6 Å². The van der Waals surface area contributed by atoms with Crippen LogP contribution in [0.15, 0.2) is 52.9 Å². The summed E-state index contributed by atoms with van der Waals surface area (Å²) in [6, 6.07) is 14.9. The first-order valence-corrected chi connectivity index (χ1v) is 8.36. The Hall–Kier alpha value is -2.30. The standard InChI is InChI=1S/C19H17Cl2NO3/c1-23-18-6-3-12(9-15(18)20)17-8-5-14(25-17)11-22-13-4-7-19(24-2)16(21)10-13/h3-10,22H,11H2,1-2H3. The van der Waals surface area contributed by atoms with Crippen LogP contribution in [-0.4, -0.2) is 14.2 Å². The van der Waals surface area contributed by atoms with Crippen molar-refractivity contribution in [1.29, 1.82) is 0 Å². The van der Waals surface area contributed by atoms with Crippen LogP contribution >= 0.6 is 23.2 Å². The highest BCUT2D eigenvalue weighted by Gasteiger charge is 2.09. The molecule has 0 aliphatic heterocycles. The third-order valence-corrected chi connectivity index (χ3v) is 4.31. The van der Waals surface area contributed by atoms with Gasteiger partial charge in [0.05, 0.1) is 30.8 Å². The molecule has 0 amide bonds. The van der Waals surface area contributed by atoms with Crippen molar-refractivity contribution < 1.29 is 13.9 Å². The molecule has 130 valence electrons. The number of methoxy groups -OCH3 is 2. The molecule has 6 heteroatoms. The number of nitrogens with one attached hydrogen (secondary N) is 1. The highest BCUT2D eigenvalue weighted by Crippen LogP contribution is 2.31. The molecular weight excluding hydrogens is 361 g/mol. The molecule has 0 spiro atoms. The fraction of sp³-hybridized carbons (Fsp3) is 0.158. The molecule has 0 saturated carbocycles. The van der Waals surface area contributed by atoms with Gasteiger partial charge in [-0.1, -0.05) is 23.2 Å². The Labute approximate surface area is 156 Å². The molecule has 0 saturated heterocycles. The van der Waals surface area contributed by atoms with E-state index in [1.807, 2.05) is 48.5 Å². The average molecular weight is 378 g/mol. The molecule has 3 rings (SSSR count). The summed E-state index contributed by atoms with van der Waals surface area (Å²) in [5.74, 6) is 2.82. The van der Waals surface area contributed by atoms with Gasteiger partial charge in [0.2, 0.25) is 0 Å². The zero-order chi connectivity index (χ0) is 17.8. The van der Waals surface area contributed by atoms with Crippen molar-refractivity contribution in [3.05, 3.63) is 64.3 Å². The number of hydrogen-bond donors (Lipinski definition) is 1. The first-order valence-electron chi connectivity index (χ1n) is 7.60. The number of halogens is 2. The quantitative estimate of drug-likeness (QED) is 0.582. The Morgan fingerprint density at radius 2 is 1.56 bits per heavy atom. The summed E-state index contributed by atoms with van der Waals surface area (Å²) in [5.41, 5.74) is 1.78. The summed E-state index contributed by atoms with van der Waals surface area (Å²) in [6.07, 6.45) is 0. The second kappa shape index (κ2) is 7.72. The molecule has 1 heterocycles. The van der Waals surface area contributed by atoms with Gasteiger partial charge in [-0.05, 0) is 48.5 Å². The van der Waals surface area contributed by atoms with Crippen molar-refractivity contribution in [2.75, 3.05) is 19.5 Å². The van der Waals surface area contributed by atoms with Gasteiger partial charge in [-0.25, -0.2) is 0 Å². The predicted octanol–water partition coefficient (Wildman–Crippen LogP) is 5.88. The molecule has 0 aliphatic carbocycles. The molecular formula is C19H17Cl2NO3. The van der Waals surface area contributed by atoms with Crippen molar-refractivity contribution in [2.45, 2.75) is 6.54 Å². The minimum absolute atomic E-state index is 0.534. The lowest BCUT2D eigenvalue weighted by Crippen LogP contribution is -1.98. The van der Waals surface area contributed by atoms with E-state index in [4.69, 9.17) is 37.1 Å². The maximum Gasteiger partial charge on any atom is 0.137 e. The molecule has 0 bridgehead atoms. The lowest BCUT2D eigenvalue weighted by Gasteiger charge is -2.08. The van der Waals surface area contributed by atoms with Crippen LogP contribution in [0, 0.1) is 0 Å². The molecule has 0 aliphatic rings. The fourth-order valence-corrected chi connectivity index (χ4v) is 2.93. The molecule has 3 aromatic rings. The normalized spacial score (nSPS) is 10.6. The van der Waals surface area contributed by atoms with Crippen LogP contribution in [0.1, 0.15) is 5.76 Å². The van der Waals surface area contributed by atoms with E-state index in [9.17, 15) is 0 Å². The van der Waals surface area contributed by atoms with Crippen LogP contribution < -0.4 is 14.8 Å². The lowest BCUT2D eigenvalue weighted by molar-refractivity contribution is 0.415. The number of hydrogen-bond acceptors (Lipinski definition) is 4. The highest BCUT2D eigenvalue weighted by atomic mass is 35.5. The van der Waals surface area contributed by atoms with Gasteiger partial charge in [0, 0.05) is 11.3 Å². The van der Waals surface area contributed by atoms with Gasteiger partial charge in [-0.3, -0.25) is 0 Å². The van der Waals surface area contributed by atoms with E-state index in [0.717, 1.165) is 22.8 Å². The Kier molecular flexibility index (Phi) is 5.41. The maximum atomic E-state index is 6.17. The minimum atomic E-state index is 0.534. The third kappa shape index (κ3) is 4.03. The minimum Gasteiger partial charge on any atom is -0.495 e. The number of benzene rings is 2. The van der Waals surface area contributed by atoms with Gasteiger partial charge in [0.1, 0.15) is 23.0 Å². The Morgan fingerprint density at radius 1 is 0.880 bits per heavy atom. The molecule has 0 fully saturated rings. The number of rotatable bonds is 6. The number of anilines is 1. The molecule has 0 atom stereocenters. The summed E-state index contributed by atoms with van der Waals surface area (Å²) in [4.78, 5) is 0. The van der Waals surface area contributed by atoms with Gasteiger partial charge >= 0.3 is 0 Å². The SMILES string of the molecule is COc1ccc(NCc2ccc(-c3ccc(OC)c(Cl)c3)o2)cc1Cl. The molecule has 1 aromatic heterocycles. The summed E-state index contributed by atoms with van der Waals surface area (Å²) in [7, 11) is 3.17. The molecule has 4 nitrogen and oxygen atoms in total. The van der Waals surface area contributed by atoms with Crippen molar-refractivity contribution >= 4 is 28.9 Å². The van der Waals surface area contributed by atoms with E-state index < -0.39 is 0 Å². The zero-order valence-electron chi connectivity index (χ0n) is 13.8. The number of furan rings is 1. The van der Waals surface area contributed by atoms with E-state index in [1.165, 1.54) is 0 Å². The van der Waals surface area contributed by atoms with Crippen LogP contribution in [0.4, 0.5) is 5.69 Å². The van der Waals surface area contributed by atoms with Crippen LogP contribution in [0.2, 0.25) is 10.0 Å². The van der Waals surface area contributed by atoms with E-state index in [-0.39, 0.29) is 0 Å². The van der Waals surface area contributed by atoms with E-state index in [2.05, 4.69) is 5.32 Å². The largest absolute Gasteiger partial charge is 0.495 e. The third-order valence-electron chi connectivity index (χ3n) is 3.72. The Bertz CT molecular complexity index is 877. The maximum absolute atomic E-state index is 6.17. The first-order chi connectivity index (χ1) is 12.1. The summed E-state index contributed by atoms with van der Waals surface area (Å²) < 4.78 is 16.2. The first kappa shape index (κ1) is 17.5. The average Bonchev–Trinajstić information content (AvgIpc) is 3.09. The van der Waals surface area contributed by atoms with Crippen LogP contribution in [0.5, 0.6) is 11.5 Å². The molecule has 1 N–H and O–H groups in total. The van der Waals surface area contributed by atoms with Crippen molar-refractivity contribution in [2.24, 2.45) is 0 Å². The van der Waals surface area contributed by atoms with Crippen molar-refractivity contribution in [1.82, 2.24) is 0 Å².